The van der Waals surface area contributed by atoms with Gasteiger partial charge in [-0.15, -0.1) is 0 Å². The second-order valence-electron chi connectivity index (χ2n) is 11.6. The van der Waals surface area contributed by atoms with E-state index < -0.39 is 0 Å². The topological polar surface area (TPSA) is 58.2 Å². The van der Waals surface area contributed by atoms with E-state index in [4.69, 9.17) is 0 Å². The van der Waals surface area contributed by atoms with Gasteiger partial charge >= 0.3 is 0 Å². The molecule has 0 aromatic rings. The number of Topliss-reactive ketones (excluding diaryl/α,β-unsaturated/α-hetero) is 2. The molecule has 2 fully saturated rings. The van der Waals surface area contributed by atoms with E-state index in [9.17, 15) is 9.59 Å². The van der Waals surface area contributed by atoms with E-state index in [0.29, 0.717) is 24.7 Å². The Morgan fingerprint density at radius 1 is 0.615 bits per heavy atom. The second kappa shape index (κ2) is 7.01. The molecule has 0 amide bonds. The molecule has 0 aromatic carbocycles. The Morgan fingerprint density at radius 2 is 0.846 bits per heavy atom. The summed E-state index contributed by atoms with van der Waals surface area (Å²) >= 11 is 0. The van der Waals surface area contributed by atoms with Gasteiger partial charge in [0.2, 0.25) is 0 Å². The SMILES string of the molecule is CC1(C)CC(CC(=O)C(=O)CC2CC(C)(C)NC(C)(C)C2)CC(C)(C)N1. The first-order valence-electron chi connectivity index (χ1n) is 10.2. The largest absolute Gasteiger partial charge is 0.307 e. The van der Waals surface area contributed by atoms with Gasteiger partial charge in [-0.1, -0.05) is 0 Å². The van der Waals surface area contributed by atoms with Crippen molar-refractivity contribution in [3.05, 3.63) is 0 Å². The van der Waals surface area contributed by atoms with Crippen molar-refractivity contribution in [2.24, 2.45) is 11.8 Å². The third kappa shape index (κ3) is 6.16. The molecule has 2 aliphatic heterocycles. The van der Waals surface area contributed by atoms with E-state index in [-0.39, 0.29) is 33.7 Å². The first-order valence-corrected chi connectivity index (χ1v) is 10.2. The molecule has 0 spiro atoms. The van der Waals surface area contributed by atoms with E-state index in [2.05, 4.69) is 66.0 Å². The molecule has 26 heavy (non-hydrogen) atoms. The molecule has 2 heterocycles. The van der Waals surface area contributed by atoms with Gasteiger partial charge in [0, 0.05) is 35.0 Å². The van der Waals surface area contributed by atoms with Gasteiger partial charge in [-0.25, -0.2) is 0 Å². The van der Waals surface area contributed by atoms with Gasteiger partial charge in [-0.2, -0.15) is 0 Å². The lowest BCUT2D eigenvalue weighted by molar-refractivity contribution is -0.138. The Hall–Kier alpha value is -0.740. The Labute approximate surface area is 160 Å². The highest BCUT2D eigenvalue weighted by atomic mass is 16.2. The van der Waals surface area contributed by atoms with Gasteiger partial charge in [0.25, 0.3) is 0 Å². The lowest BCUT2D eigenvalue weighted by atomic mass is 9.72. The summed E-state index contributed by atoms with van der Waals surface area (Å²) in [5.41, 5.74) is 0.0509. The molecule has 2 aliphatic rings. The summed E-state index contributed by atoms with van der Waals surface area (Å²) in [4.78, 5) is 25.3. The summed E-state index contributed by atoms with van der Waals surface area (Å²) < 4.78 is 0. The van der Waals surface area contributed by atoms with Crippen LogP contribution in [0.25, 0.3) is 0 Å². The average Bonchev–Trinajstić information content (AvgIpc) is 2.29. The van der Waals surface area contributed by atoms with Crippen molar-refractivity contribution in [1.82, 2.24) is 10.6 Å². The number of ketones is 2. The molecule has 0 aliphatic carbocycles. The standard InChI is InChI=1S/C22H40N2O2/c1-19(2)11-15(12-20(3,4)23-19)9-17(25)18(26)10-16-13-21(5,6)24-22(7,8)14-16/h15-16,23-24H,9-14H2,1-8H3. The smallest absolute Gasteiger partial charge is 0.198 e. The fourth-order valence-electron chi connectivity index (χ4n) is 6.11. The molecule has 2 N–H and O–H groups in total. The minimum absolute atomic E-state index is 0.0127. The van der Waals surface area contributed by atoms with E-state index in [1.807, 2.05) is 0 Å². The van der Waals surface area contributed by atoms with Crippen LogP contribution in [0.5, 0.6) is 0 Å². The number of rotatable bonds is 5. The van der Waals surface area contributed by atoms with Gasteiger partial charge < -0.3 is 10.6 Å². The molecule has 0 atom stereocenters. The van der Waals surface area contributed by atoms with Crippen molar-refractivity contribution in [2.75, 3.05) is 0 Å². The monoisotopic (exact) mass is 364 g/mol. The Bertz CT molecular complexity index is 478. The molecular formula is C22H40N2O2. The Morgan fingerprint density at radius 3 is 1.08 bits per heavy atom. The van der Waals surface area contributed by atoms with Crippen LogP contribution in [0.3, 0.4) is 0 Å². The maximum absolute atomic E-state index is 12.6. The zero-order valence-corrected chi connectivity index (χ0v) is 18.2. The molecule has 2 rings (SSSR count). The number of piperidine rings is 2. The normalized spacial score (nSPS) is 27.8. The molecule has 0 radical (unpaired) electrons. The summed E-state index contributed by atoms with van der Waals surface area (Å²) in [6.07, 6.45) is 4.60. The predicted molar refractivity (Wildman–Crippen MR) is 107 cm³/mol. The molecule has 0 saturated carbocycles. The molecule has 2 saturated heterocycles. The molecule has 4 nitrogen and oxygen atoms in total. The first-order chi connectivity index (χ1) is 11.6. The molecule has 150 valence electrons. The van der Waals surface area contributed by atoms with Crippen LogP contribution in [0.4, 0.5) is 0 Å². The zero-order chi connectivity index (χ0) is 20.0. The third-order valence-electron chi connectivity index (χ3n) is 5.81. The van der Waals surface area contributed by atoms with Gasteiger partial charge in [0.05, 0.1) is 0 Å². The molecule has 0 bridgehead atoms. The Balaban J connectivity index is 1.94. The van der Waals surface area contributed by atoms with Crippen LogP contribution in [0, 0.1) is 11.8 Å². The van der Waals surface area contributed by atoms with Gasteiger partial charge in [0.15, 0.2) is 11.6 Å². The third-order valence-corrected chi connectivity index (χ3v) is 5.81. The van der Waals surface area contributed by atoms with Crippen LogP contribution in [0.15, 0.2) is 0 Å². The summed E-state index contributed by atoms with van der Waals surface area (Å²) in [5.74, 6) is 0.271. The highest BCUT2D eigenvalue weighted by molar-refractivity contribution is 6.37. The summed E-state index contributed by atoms with van der Waals surface area (Å²) in [7, 11) is 0. The highest BCUT2D eigenvalue weighted by Crippen LogP contribution is 2.36. The summed E-state index contributed by atoms with van der Waals surface area (Å²) in [5, 5.41) is 7.29. The lowest BCUT2D eigenvalue weighted by Crippen LogP contribution is -2.58. The fourth-order valence-corrected chi connectivity index (χ4v) is 6.11. The maximum Gasteiger partial charge on any atom is 0.198 e. The van der Waals surface area contributed by atoms with Crippen LogP contribution in [0.1, 0.15) is 93.9 Å². The predicted octanol–water partition coefficient (Wildman–Crippen LogP) is 4.02. The van der Waals surface area contributed by atoms with Crippen molar-refractivity contribution >= 4 is 11.6 Å². The second-order valence-corrected chi connectivity index (χ2v) is 11.6. The van der Waals surface area contributed by atoms with E-state index in [1.54, 1.807) is 0 Å². The number of carbonyl (C=O) groups is 2. The highest BCUT2D eigenvalue weighted by Gasteiger charge is 2.41. The van der Waals surface area contributed by atoms with Crippen molar-refractivity contribution in [3.8, 4) is 0 Å². The summed E-state index contributed by atoms with van der Waals surface area (Å²) in [6, 6.07) is 0. The lowest BCUT2D eigenvalue weighted by Gasteiger charge is -2.47. The maximum atomic E-state index is 12.6. The van der Waals surface area contributed by atoms with E-state index >= 15 is 0 Å². The van der Waals surface area contributed by atoms with E-state index in [1.165, 1.54) is 0 Å². The number of hydrogen-bond acceptors (Lipinski definition) is 4. The van der Waals surface area contributed by atoms with Crippen LogP contribution < -0.4 is 10.6 Å². The van der Waals surface area contributed by atoms with Crippen LogP contribution in [-0.2, 0) is 9.59 Å². The molecule has 4 heteroatoms. The van der Waals surface area contributed by atoms with Crippen molar-refractivity contribution in [1.29, 1.82) is 0 Å². The minimum atomic E-state index is -0.155. The van der Waals surface area contributed by atoms with E-state index in [0.717, 1.165) is 25.7 Å². The van der Waals surface area contributed by atoms with Gasteiger partial charge in [-0.3, -0.25) is 9.59 Å². The average molecular weight is 365 g/mol. The van der Waals surface area contributed by atoms with Crippen molar-refractivity contribution < 1.29 is 9.59 Å². The minimum Gasteiger partial charge on any atom is -0.307 e. The van der Waals surface area contributed by atoms with Gasteiger partial charge in [-0.05, 0) is 92.9 Å². The van der Waals surface area contributed by atoms with Crippen LogP contribution >= 0.6 is 0 Å². The van der Waals surface area contributed by atoms with Crippen molar-refractivity contribution in [2.45, 2.75) is 116 Å². The number of hydrogen-bond donors (Lipinski definition) is 2. The molecule has 0 unspecified atom stereocenters. The molecule has 0 aromatic heterocycles. The van der Waals surface area contributed by atoms with Crippen molar-refractivity contribution in [3.63, 3.8) is 0 Å². The van der Waals surface area contributed by atoms with Crippen LogP contribution in [-0.4, -0.2) is 33.7 Å². The molecular weight excluding hydrogens is 324 g/mol. The fraction of sp³-hybridized carbons (Fsp3) is 0.909. The van der Waals surface area contributed by atoms with Gasteiger partial charge in [0.1, 0.15) is 0 Å². The van der Waals surface area contributed by atoms with Crippen LogP contribution in [0.2, 0.25) is 0 Å². The zero-order valence-electron chi connectivity index (χ0n) is 18.2. The quantitative estimate of drug-likeness (QED) is 0.724. The number of carbonyl (C=O) groups excluding carboxylic acids is 2. The number of nitrogens with one attached hydrogen (secondary N) is 2. The summed E-state index contributed by atoms with van der Waals surface area (Å²) in [6.45, 7) is 17.5. The first kappa shape index (κ1) is 21.6. The Kier molecular flexibility index (Phi) is 5.82.